The number of hydrogen-bond acceptors (Lipinski definition) is 5. The molecule has 1 saturated carbocycles. The van der Waals surface area contributed by atoms with Crippen molar-refractivity contribution in [1.29, 1.82) is 0 Å². The Balaban J connectivity index is 1.73. The van der Waals surface area contributed by atoms with Crippen LogP contribution in [0.3, 0.4) is 0 Å². The zero-order valence-corrected chi connectivity index (χ0v) is 12.5. The maximum atomic E-state index is 11.5. The Morgan fingerprint density at radius 3 is 3.09 bits per heavy atom. The lowest BCUT2D eigenvalue weighted by Gasteiger charge is -2.54. The van der Waals surface area contributed by atoms with Crippen molar-refractivity contribution < 1.29 is 9.66 Å². The predicted molar refractivity (Wildman–Crippen MR) is 80.9 cm³/mol. The first-order valence-corrected chi connectivity index (χ1v) is 7.50. The van der Waals surface area contributed by atoms with E-state index in [1.165, 1.54) is 4.40 Å². The highest BCUT2D eigenvalue weighted by Crippen LogP contribution is 2.53. The number of fused-ring (bicyclic) bond motifs is 2. The van der Waals surface area contributed by atoms with E-state index in [2.05, 4.69) is 24.1 Å². The first-order chi connectivity index (χ1) is 10.5. The van der Waals surface area contributed by atoms with Crippen LogP contribution in [0.1, 0.15) is 20.3 Å². The summed E-state index contributed by atoms with van der Waals surface area (Å²) in [5, 5.41) is 14.8. The fourth-order valence-corrected chi connectivity index (χ4v) is 4.02. The van der Waals surface area contributed by atoms with Crippen LogP contribution in [0, 0.1) is 21.4 Å². The average Bonchev–Trinajstić information content (AvgIpc) is 3.07. The molecular weight excluding hydrogens is 284 g/mol. The van der Waals surface area contributed by atoms with Crippen LogP contribution in [0.5, 0.6) is 0 Å². The van der Waals surface area contributed by atoms with Crippen LogP contribution in [0.2, 0.25) is 0 Å². The van der Waals surface area contributed by atoms with E-state index in [1.807, 2.05) is 6.07 Å². The predicted octanol–water partition coefficient (Wildman–Crippen LogP) is 2.47. The Morgan fingerprint density at radius 2 is 2.32 bits per heavy atom. The second-order valence-electron chi connectivity index (χ2n) is 6.66. The molecule has 1 aliphatic heterocycles. The van der Waals surface area contributed by atoms with E-state index in [0.29, 0.717) is 17.4 Å². The number of nitrogens with zero attached hydrogens (tertiary/aromatic N) is 3. The van der Waals surface area contributed by atoms with E-state index in [0.717, 1.165) is 13.0 Å². The molecule has 1 N–H and O–H groups in total. The van der Waals surface area contributed by atoms with E-state index in [4.69, 9.17) is 4.74 Å². The van der Waals surface area contributed by atoms with E-state index in [1.54, 1.807) is 18.3 Å². The Labute approximate surface area is 127 Å². The van der Waals surface area contributed by atoms with Crippen molar-refractivity contribution in [2.24, 2.45) is 11.3 Å². The van der Waals surface area contributed by atoms with Crippen LogP contribution in [0.15, 0.2) is 24.4 Å². The smallest absolute Gasteiger partial charge is 0.372 e. The lowest BCUT2D eigenvalue weighted by atomic mass is 9.57. The van der Waals surface area contributed by atoms with Crippen molar-refractivity contribution in [2.45, 2.75) is 32.4 Å². The molecule has 2 aliphatic rings. The van der Waals surface area contributed by atoms with Crippen molar-refractivity contribution in [3.8, 4) is 0 Å². The minimum absolute atomic E-state index is 0.00577. The van der Waals surface area contributed by atoms with Gasteiger partial charge in [-0.1, -0.05) is 19.9 Å². The summed E-state index contributed by atoms with van der Waals surface area (Å²) in [4.78, 5) is 15.5. The second kappa shape index (κ2) is 4.42. The normalized spacial score (nSPS) is 29.1. The third-order valence-corrected chi connectivity index (χ3v) is 5.07. The molecule has 0 unspecified atom stereocenters. The summed E-state index contributed by atoms with van der Waals surface area (Å²) in [6, 6.07) is 5.50. The molecule has 0 amide bonds. The van der Waals surface area contributed by atoms with Gasteiger partial charge in [0.25, 0.3) is 0 Å². The summed E-state index contributed by atoms with van der Waals surface area (Å²) < 4.78 is 7.28. The third-order valence-electron chi connectivity index (χ3n) is 5.07. The van der Waals surface area contributed by atoms with Crippen LogP contribution in [0.25, 0.3) is 5.65 Å². The van der Waals surface area contributed by atoms with Gasteiger partial charge in [-0.15, -0.1) is 0 Å². The number of nitro groups is 1. The molecule has 0 radical (unpaired) electrons. The van der Waals surface area contributed by atoms with Crippen LogP contribution >= 0.6 is 0 Å². The molecule has 1 aliphatic carbocycles. The number of pyridine rings is 1. The molecule has 7 nitrogen and oxygen atoms in total. The number of ether oxygens (including phenoxy) is 1. The number of aromatic nitrogens is 2. The fourth-order valence-electron chi connectivity index (χ4n) is 4.02. The Bertz CT molecular complexity index is 754. The van der Waals surface area contributed by atoms with E-state index >= 15 is 0 Å². The maximum absolute atomic E-state index is 11.5. The molecule has 1 saturated heterocycles. The Morgan fingerprint density at radius 1 is 1.50 bits per heavy atom. The number of hydrogen-bond donors (Lipinski definition) is 1. The van der Waals surface area contributed by atoms with Gasteiger partial charge in [-0.2, -0.15) is 9.38 Å². The molecule has 0 aromatic carbocycles. The van der Waals surface area contributed by atoms with Crippen molar-refractivity contribution in [3.05, 3.63) is 34.5 Å². The topological polar surface area (TPSA) is 81.7 Å². The van der Waals surface area contributed by atoms with Crippen LogP contribution in [0.4, 0.5) is 11.6 Å². The van der Waals surface area contributed by atoms with E-state index in [9.17, 15) is 10.1 Å². The summed E-state index contributed by atoms with van der Waals surface area (Å²) in [6.45, 7) is 5.04. The molecule has 4 rings (SSSR count). The molecule has 2 aromatic heterocycles. The lowest BCUT2D eigenvalue weighted by Crippen LogP contribution is -2.63. The zero-order valence-electron chi connectivity index (χ0n) is 12.5. The highest BCUT2D eigenvalue weighted by Gasteiger charge is 2.59. The monoisotopic (exact) mass is 302 g/mol. The molecule has 7 heteroatoms. The molecule has 3 heterocycles. The molecule has 116 valence electrons. The van der Waals surface area contributed by atoms with Crippen molar-refractivity contribution in [3.63, 3.8) is 0 Å². The van der Waals surface area contributed by atoms with Gasteiger partial charge in [0, 0.05) is 30.0 Å². The molecule has 2 fully saturated rings. The van der Waals surface area contributed by atoms with Crippen molar-refractivity contribution in [1.82, 2.24) is 9.38 Å². The quantitative estimate of drug-likeness (QED) is 0.695. The minimum Gasteiger partial charge on any atom is -0.377 e. The minimum atomic E-state index is -0.378. The van der Waals surface area contributed by atoms with Gasteiger partial charge in [0.05, 0.1) is 12.3 Å². The SMILES string of the molecule is CC1(C)[C@H](Nc2nc3ccccn3c2[N+](=O)[O-])[C@H]2CCO[C@@H]21. The maximum Gasteiger partial charge on any atom is 0.372 e. The molecular formula is C15H18N4O3. The van der Waals surface area contributed by atoms with Gasteiger partial charge in [0.2, 0.25) is 11.5 Å². The summed E-state index contributed by atoms with van der Waals surface area (Å²) in [6.07, 6.45) is 2.90. The number of nitrogens with one attached hydrogen (secondary N) is 1. The molecule has 22 heavy (non-hydrogen) atoms. The Kier molecular flexibility index (Phi) is 2.72. The fraction of sp³-hybridized carbons (Fsp3) is 0.533. The summed E-state index contributed by atoms with van der Waals surface area (Å²) in [5.74, 6) is 0.743. The van der Waals surface area contributed by atoms with Crippen molar-refractivity contribution in [2.75, 3.05) is 11.9 Å². The summed E-state index contributed by atoms with van der Waals surface area (Å²) in [5.41, 5.74) is 0.526. The standard InChI is InChI=1S/C15H18N4O3/c1-15(2)11(9-6-8-22-12(9)15)17-13-14(19(20)21)18-7-4-3-5-10(18)16-13/h3-5,7,9,11-12,17H,6,8H2,1-2H3/t9-,11-,12+/m1/s1. The lowest BCUT2D eigenvalue weighted by molar-refractivity contribution is -0.389. The van der Waals surface area contributed by atoms with Gasteiger partial charge < -0.3 is 20.2 Å². The number of anilines is 1. The highest BCUT2D eigenvalue weighted by atomic mass is 16.6. The molecule has 3 atom stereocenters. The third kappa shape index (κ3) is 1.68. The van der Waals surface area contributed by atoms with Crippen LogP contribution in [-0.4, -0.2) is 33.1 Å². The van der Waals surface area contributed by atoms with Gasteiger partial charge in [-0.05, 0) is 17.4 Å². The van der Waals surface area contributed by atoms with Gasteiger partial charge in [-0.25, -0.2) is 0 Å². The van der Waals surface area contributed by atoms with E-state index < -0.39 is 0 Å². The largest absolute Gasteiger partial charge is 0.377 e. The number of rotatable bonds is 3. The molecule has 2 aromatic rings. The summed E-state index contributed by atoms with van der Waals surface area (Å²) in [7, 11) is 0. The molecule has 0 bridgehead atoms. The Hall–Kier alpha value is -2.15. The zero-order chi connectivity index (χ0) is 15.5. The van der Waals surface area contributed by atoms with E-state index in [-0.39, 0.29) is 28.3 Å². The second-order valence-corrected chi connectivity index (χ2v) is 6.66. The van der Waals surface area contributed by atoms with Gasteiger partial charge in [-0.3, -0.25) is 0 Å². The van der Waals surface area contributed by atoms with Crippen LogP contribution in [-0.2, 0) is 4.74 Å². The highest BCUT2D eigenvalue weighted by molar-refractivity contribution is 5.63. The van der Waals surface area contributed by atoms with Gasteiger partial charge in [0.15, 0.2) is 0 Å². The van der Waals surface area contributed by atoms with Crippen molar-refractivity contribution >= 4 is 17.3 Å². The first-order valence-electron chi connectivity index (χ1n) is 7.50. The first kappa shape index (κ1) is 13.5. The number of imidazole rings is 1. The average molecular weight is 302 g/mol. The van der Waals surface area contributed by atoms with Gasteiger partial charge >= 0.3 is 5.82 Å². The molecule has 0 spiro atoms. The van der Waals surface area contributed by atoms with Crippen LogP contribution < -0.4 is 5.32 Å². The summed E-state index contributed by atoms with van der Waals surface area (Å²) >= 11 is 0. The van der Waals surface area contributed by atoms with Gasteiger partial charge in [0.1, 0.15) is 0 Å².